The van der Waals surface area contributed by atoms with Gasteiger partial charge in [0.25, 0.3) is 0 Å². The third-order valence-electron chi connectivity index (χ3n) is 1.91. The van der Waals surface area contributed by atoms with Crippen molar-refractivity contribution in [1.82, 2.24) is 15.3 Å². The molecular formula is C10H13N3S2. The molecule has 0 radical (unpaired) electrons. The van der Waals surface area contributed by atoms with Crippen LogP contribution in [0, 0.1) is 6.92 Å². The van der Waals surface area contributed by atoms with Crippen molar-refractivity contribution in [1.29, 1.82) is 0 Å². The zero-order valence-corrected chi connectivity index (χ0v) is 10.4. The normalized spacial score (nSPS) is 10.8. The summed E-state index contributed by atoms with van der Waals surface area (Å²) < 4.78 is 0. The number of nitrogens with zero attached hydrogens (tertiary/aromatic N) is 2. The molecule has 0 unspecified atom stereocenters. The molecule has 0 aliphatic heterocycles. The Bertz CT molecular complexity index is 433. The lowest BCUT2D eigenvalue weighted by molar-refractivity contribution is 0.715. The van der Waals surface area contributed by atoms with Gasteiger partial charge in [-0.15, -0.1) is 22.7 Å². The first kappa shape index (κ1) is 10.7. The van der Waals surface area contributed by atoms with Gasteiger partial charge in [-0.3, -0.25) is 0 Å². The van der Waals surface area contributed by atoms with Crippen molar-refractivity contribution >= 4 is 22.7 Å². The van der Waals surface area contributed by atoms with Gasteiger partial charge in [0.05, 0.1) is 5.69 Å². The zero-order chi connectivity index (χ0) is 10.7. The Labute approximate surface area is 97.2 Å². The van der Waals surface area contributed by atoms with E-state index in [1.165, 1.54) is 0 Å². The van der Waals surface area contributed by atoms with Crippen molar-refractivity contribution in [3.8, 4) is 10.0 Å². The van der Waals surface area contributed by atoms with Gasteiger partial charge in [-0.25, -0.2) is 9.97 Å². The van der Waals surface area contributed by atoms with Crippen LogP contribution >= 0.6 is 22.7 Å². The van der Waals surface area contributed by atoms with Crippen molar-refractivity contribution in [2.24, 2.45) is 0 Å². The first-order valence-corrected chi connectivity index (χ1v) is 6.63. The second-order valence-electron chi connectivity index (χ2n) is 3.22. The summed E-state index contributed by atoms with van der Waals surface area (Å²) in [5.41, 5.74) is 2.17. The van der Waals surface area contributed by atoms with Crippen molar-refractivity contribution < 1.29 is 0 Å². The number of rotatable bonds is 4. The van der Waals surface area contributed by atoms with E-state index in [1.54, 1.807) is 22.7 Å². The van der Waals surface area contributed by atoms with Gasteiger partial charge in [-0.05, 0) is 13.5 Å². The maximum absolute atomic E-state index is 4.54. The largest absolute Gasteiger partial charge is 0.311 e. The van der Waals surface area contributed by atoms with E-state index in [1.807, 2.05) is 6.92 Å². The second kappa shape index (κ2) is 4.83. The Morgan fingerprint density at radius 2 is 1.93 bits per heavy atom. The number of thiazole rings is 2. The minimum atomic E-state index is 0.845. The fourth-order valence-electron chi connectivity index (χ4n) is 1.19. The van der Waals surface area contributed by atoms with Gasteiger partial charge in [-0.2, -0.15) is 0 Å². The van der Waals surface area contributed by atoms with E-state index in [9.17, 15) is 0 Å². The summed E-state index contributed by atoms with van der Waals surface area (Å²) in [5.74, 6) is 0. The van der Waals surface area contributed by atoms with Crippen LogP contribution in [0.5, 0.6) is 0 Å². The number of aryl methyl sites for hydroxylation is 1. The van der Waals surface area contributed by atoms with Gasteiger partial charge in [0.1, 0.15) is 0 Å². The maximum atomic E-state index is 4.54. The van der Waals surface area contributed by atoms with E-state index in [0.29, 0.717) is 0 Å². The minimum absolute atomic E-state index is 0.845. The van der Waals surface area contributed by atoms with Gasteiger partial charge in [0, 0.05) is 23.0 Å². The first-order valence-electron chi connectivity index (χ1n) is 4.87. The maximum Gasteiger partial charge on any atom is 0.152 e. The Balaban J connectivity index is 2.13. The summed E-state index contributed by atoms with van der Waals surface area (Å²) in [7, 11) is 0. The molecule has 0 aromatic carbocycles. The van der Waals surface area contributed by atoms with Crippen molar-refractivity contribution in [2.75, 3.05) is 6.54 Å². The monoisotopic (exact) mass is 239 g/mol. The third kappa shape index (κ3) is 2.62. The quantitative estimate of drug-likeness (QED) is 0.891. The highest BCUT2D eigenvalue weighted by atomic mass is 32.1. The Kier molecular flexibility index (Phi) is 3.45. The van der Waals surface area contributed by atoms with Crippen molar-refractivity contribution in [3.63, 3.8) is 0 Å². The number of hydrogen-bond donors (Lipinski definition) is 1. The van der Waals surface area contributed by atoms with Gasteiger partial charge < -0.3 is 5.32 Å². The highest BCUT2D eigenvalue weighted by Crippen LogP contribution is 2.26. The molecule has 2 aromatic rings. The minimum Gasteiger partial charge on any atom is -0.311 e. The number of hydrogen-bond acceptors (Lipinski definition) is 5. The van der Waals surface area contributed by atoms with Crippen LogP contribution in [-0.4, -0.2) is 16.5 Å². The average Bonchev–Trinajstić information content (AvgIpc) is 2.83. The predicted molar refractivity (Wildman–Crippen MR) is 65.3 cm³/mol. The van der Waals surface area contributed by atoms with E-state index >= 15 is 0 Å². The Hall–Kier alpha value is -0.780. The summed E-state index contributed by atoms with van der Waals surface area (Å²) in [4.78, 5) is 8.96. The van der Waals surface area contributed by atoms with Crippen LogP contribution < -0.4 is 5.32 Å². The molecule has 1 N–H and O–H groups in total. The molecule has 0 amide bonds. The molecule has 0 aliphatic carbocycles. The van der Waals surface area contributed by atoms with Crippen LogP contribution in [0.2, 0.25) is 0 Å². The molecule has 0 saturated heterocycles. The fraction of sp³-hybridized carbons (Fsp3) is 0.400. The number of aromatic nitrogens is 2. The lowest BCUT2D eigenvalue weighted by atomic mass is 10.5. The van der Waals surface area contributed by atoms with Gasteiger partial charge in [0.2, 0.25) is 0 Å². The van der Waals surface area contributed by atoms with E-state index in [0.717, 1.165) is 34.5 Å². The van der Waals surface area contributed by atoms with E-state index in [-0.39, 0.29) is 0 Å². The van der Waals surface area contributed by atoms with Crippen LogP contribution in [0.1, 0.15) is 18.3 Å². The van der Waals surface area contributed by atoms with Crippen molar-refractivity contribution in [2.45, 2.75) is 20.4 Å². The average molecular weight is 239 g/mol. The molecule has 2 rings (SSSR count). The standard InChI is InChI=1S/C10H13N3S2/c1-3-11-4-8-6-15-10(13-8)9-12-7(2)5-14-9/h5-6,11H,3-4H2,1-2H3. The second-order valence-corrected chi connectivity index (χ2v) is 4.93. The highest BCUT2D eigenvalue weighted by molar-refractivity contribution is 7.19. The summed E-state index contributed by atoms with van der Waals surface area (Å²) in [6.45, 7) is 5.92. The SMILES string of the molecule is CCNCc1csc(-c2nc(C)cs2)n1. The Morgan fingerprint density at radius 1 is 1.20 bits per heavy atom. The van der Waals surface area contributed by atoms with Crippen LogP contribution in [-0.2, 0) is 6.54 Å². The summed E-state index contributed by atoms with van der Waals surface area (Å²) in [6.07, 6.45) is 0. The molecule has 0 saturated carbocycles. The molecule has 0 fully saturated rings. The van der Waals surface area contributed by atoms with Crippen LogP contribution in [0.15, 0.2) is 10.8 Å². The Morgan fingerprint density at radius 3 is 2.60 bits per heavy atom. The molecule has 2 aromatic heterocycles. The highest BCUT2D eigenvalue weighted by Gasteiger charge is 2.07. The van der Waals surface area contributed by atoms with Gasteiger partial charge in [-0.1, -0.05) is 6.92 Å². The van der Waals surface area contributed by atoms with E-state index in [4.69, 9.17) is 0 Å². The summed E-state index contributed by atoms with van der Waals surface area (Å²) in [6, 6.07) is 0. The topological polar surface area (TPSA) is 37.8 Å². The molecule has 5 heteroatoms. The summed E-state index contributed by atoms with van der Waals surface area (Å²) >= 11 is 3.32. The molecule has 3 nitrogen and oxygen atoms in total. The van der Waals surface area contributed by atoms with Crippen LogP contribution in [0.4, 0.5) is 0 Å². The van der Waals surface area contributed by atoms with Gasteiger partial charge in [0.15, 0.2) is 10.0 Å². The first-order chi connectivity index (χ1) is 7.29. The lowest BCUT2D eigenvalue weighted by Crippen LogP contribution is -2.11. The summed E-state index contributed by atoms with van der Waals surface area (Å²) in [5, 5.41) is 9.47. The number of nitrogens with one attached hydrogen (secondary N) is 1. The smallest absolute Gasteiger partial charge is 0.152 e. The predicted octanol–water partition coefficient (Wildman–Crippen LogP) is 2.68. The van der Waals surface area contributed by atoms with Crippen LogP contribution in [0.25, 0.3) is 10.0 Å². The molecule has 0 spiro atoms. The lowest BCUT2D eigenvalue weighted by Gasteiger charge is -1.94. The molecule has 0 bridgehead atoms. The van der Waals surface area contributed by atoms with Crippen molar-refractivity contribution in [3.05, 3.63) is 22.1 Å². The molecule has 2 heterocycles. The molecule has 0 atom stereocenters. The molecular weight excluding hydrogens is 226 g/mol. The molecule has 15 heavy (non-hydrogen) atoms. The van der Waals surface area contributed by atoms with E-state index < -0.39 is 0 Å². The van der Waals surface area contributed by atoms with E-state index in [2.05, 4.69) is 33.0 Å². The van der Waals surface area contributed by atoms with Gasteiger partial charge >= 0.3 is 0 Å². The molecule has 0 aliphatic rings. The van der Waals surface area contributed by atoms with Crippen LogP contribution in [0.3, 0.4) is 0 Å². The fourth-order valence-corrected chi connectivity index (χ4v) is 2.86. The zero-order valence-electron chi connectivity index (χ0n) is 8.78. The third-order valence-corrected chi connectivity index (χ3v) is 3.90. The molecule has 80 valence electrons.